The maximum Gasteiger partial charge on any atom is 0.237 e. The van der Waals surface area contributed by atoms with E-state index in [1.807, 2.05) is 18.2 Å². The van der Waals surface area contributed by atoms with Crippen LogP contribution in [0.3, 0.4) is 0 Å². The van der Waals surface area contributed by atoms with Crippen molar-refractivity contribution in [1.82, 2.24) is 15.5 Å². The Morgan fingerprint density at radius 1 is 1.25 bits per heavy atom. The second-order valence-corrected chi connectivity index (χ2v) is 4.57. The summed E-state index contributed by atoms with van der Waals surface area (Å²) in [6.07, 6.45) is 1.69. The van der Waals surface area contributed by atoms with E-state index in [9.17, 15) is 0 Å². The maximum atomic E-state index is 5.73. The molecule has 5 heteroatoms. The Kier molecular flexibility index (Phi) is 5.70. The molecule has 0 radical (unpaired) electrons. The largest absolute Gasteiger partial charge is 0.423 e. The quantitative estimate of drug-likeness (QED) is 0.801. The Bertz CT molecular complexity index is 499. The highest BCUT2D eigenvalue weighted by atomic mass is 16.5. The first-order valence-electron chi connectivity index (χ1n) is 6.94. The number of nitrogens with zero attached hydrogens (tertiary/aromatic N) is 2. The summed E-state index contributed by atoms with van der Waals surface area (Å²) < 4.78 is 10.8. The molecular formula is C15H21N3O2. The van der Waals surface area contributed by atoms with Crippen LogP contribution in [0.2, 0.25) is 0 Å². The molecule has 1 unspecified atom stereocenters. The van der Waals surface area contributed by atoms with Crippen LogP contribution in [0.5, 0.6) is 0 Å². The van der Waals surface area contributed by atoms with Crippen molar-refractivity contribution in [2.75, 3.05) is 20.3 Å². The van der Waals surface area contributed by atoms with Crippen LogP contribution in [0.25, 0.3) is 0 Å². The van der Waals surface area contributed by atoms with Crippen molar-refractivity contribution in [2.45, 2.75) is 25.8 Å². The molecule has 0 aliphatic heterocycles. The van der Waals surface area contributed by atoms with Gasteiger partial charge in [0.1, 0.15) is 6.04 Å². The number of hydrogen-bond donors (Lipinski definition) is 1. The van der Waals surface area contributed by atoms with E-state index in [4.69, 9.17) is 9.15 Å². The molecule has 1 aromatic carbocycles. The van der Waals surface area contributed by atoms with Gasteiger partial charge in [-0.15, -0.1) is 10.2 Å². The second-order valence-electron chi connectivity index (χ2n) is 4.57. The third kappa shape index (κ3) is 3.88. The van der Waals surface area contributed by atoms with Gasteiger partial charge in [0.05, 0.1) is 6.61 Å². The van der Waals surface area contributed by atoms with Gasteiger partial charge in [-0.25, -0.2) is 0 Å². The monoisotopic (exact) mass is 275 g/mol. The van der Waals surface area contributed by atoms with Gasteiger partial charge in [-0.1, -0.05) is 37.3 Å². The first-order chi connectivity index (χ1) is 9.85. The molecule has 0 saturated carbocycles. The van der Waals surface area contributed by atoms with Crippen LogP contribution in [0.15, 0.2) is 34.7 Å². The molecule has 20 heavy (non-hydrogen) atoms. The maximum absolute atomic E-state index is 5.73. The second kappa shape index (κ2) is 7.77. The van der Waals surface area contributed by atoms with Crippen molar-refractivity contribution in [1.29, 1.82) is 0 Å². The van der Waals surface area contributed by atoms with Crippen LogP contribution in [0, 0.1) is 0 Å². The van der Waals surface area contributed by atoms with Gasteiger partial charge in [0.25, 0.3) is 0 Å². The first-order valence-corrected chi connectivity index (χ1v) is 6.94. The zero-order valence-electron chi connectivity index (χ0n) is 12.0. The predicted molar refractivity (Wildman–Crippen MR) is 76.5 cm³/mol. The van der Waals surface area contributed by atoms with Gasteiger partial charge < -0.3 is 14.5 Å². The van der Waals surface area contributed by atoms with Crippen LogP contribution in [0.1, 0.15) is 36.7 Å². The zero-order chi connectivity index (χ0) is 14.2. The van der Waals surface area contributed by atoms with Gasteiger partial charge in [-0.05, 0) is 18.5 Å². The lowest BCUT2D eigenvalue weighted by Gasteiger charge is -2.14. The van der Waals surface area contributed by atoms with E-state index < -0.39 is 0 Å². The van der Waals surface area contributed by atoms with Gasteiger partial charge in [0.2, 0.25) is 11.8 Å². The molecule has 0 bridgehead atoms. The van der Waals surface area contributed by atoms with Crippen LogP contribution < -0.4 is 5.32 Å². The van der Waals surface area contributed by atoms with E-state index in [2.05, 4.69) is 34.6 Å². The minimum Gasteiger partial charge on any atom is -0.423 e. The fourth-order valence-corrected chi connectivity index (χ4v) is 1.96. The van der Waals surface area contributed by atoms with Crippen LogP contribution in [0.4, 0.5) is 0 Å². The molecule has 1 aromatic heterocycles. The van der Waals surface area contributed by atoms with E-state index in [-0.39, 0.29) is 6.04 Å². The topological polar surface area (TPSA) is 60.2 Å². The highest BCUT2D eigenvalue weighted by Gasteiger charge is 2.19. The number of rotatable bonds is 8. The molecule has 0 amide bonds. The van der Waals surface area contributed by atoms with Crippen molar-refractivity contribution in [3.63, 3.8) is 0 Å². The summed E-state index contributed by atoms with van der Waals surface area (Å²) in [5.41, 5.74) is 1.13. The minimum atomic E-state index is -0.0556. The lowest BCUT2D eigenvalue weighted by Crippen LogP contribution is -2.23. The van der Waals surface area contributed by atoms with Gasteiger partial charge in [-0.3, -0.25) is 0 Å². The van der Waals surface area contributed by atoms with Crippen LogP contribution >= 0.6 is 0 Å². The Labute approximate surface area is 119 Å². The molecule has 1 atom stereocenters. The molecule has 108 valence electrons. The smallest absolute Gasteiger partial charge is 0.237 e. The number of ether oxygens (including phenoxy) is 1. The van der Waals surface area contributed by atoms with Gasteiger partial charge in [0.15, 0.2) is 0 Å². The van der Waals surface area contributed by atoms with E-state index in [0.717, 1.165) is 18.5 Å². The van der Waals surface area contributed by atoms with Gasteiger partial charge in [0, 0.05) is 13.5 Å². The molecule has 2 aromatic rings. The summed E-state index contributed by atoms with van der Waals surface area (Å²) in [5, 5.41) is 11.7. The summed E-state index contributed by atoms with van der Waals surface area (Å²) in [6.45, 7) is 3.61. The average Bonchev–Trinajstić information content (AvgIpc) is 2.95. The molecule has 0 saturated heterocycles. The number of benzene rings is 1. The summed E-state index contributed by atoms with van der Waals surface area (Å²) in [4.78, 5) is 0. The molecule has 0 aliphatic rings. The normalized spacial score (nSPS) is 12.5. The lowest BCUT2D eigenvalue weighted by atomic mass is 10.1. The third-order valence-electron chi connectivity index (χ3n) is 2.98. The van der Waals surface area contributed by atoms with Gasteiger partial charge in [-0.2, -0.15) is 0 Å². The number of methoxy groups -OCH3 is 1. The molecule has 0 aliphatic carbocycles. The van der Waals surface area contributed by atoms with Gasteiger partial charge >= 0.3 is 0 Å². The zero-order valence-corrected chi connectivity index (χ0v) is 12.0. The van der Waals surface area contributed by atoms with Crippen molar-refractivity contribution < 1.29 is 9.15 Å². The molecule has 5 nitrogen and oxygen atoms in total. The Morgan fingerprint density at radius 2 is 2.05 bits per heavy atom. The molecule has 0 fully saturated rings. The highest BCUT2D eigenvalue weighted by molar-refractivity contribution is 5.23. The Balaban J connectivity index is 2.16. The molecule has 1 heterocycles. The number of aromatic nitrogens is 2. The minimum absolute atomic E-state index is 0.0556. The fraction of sp³-hybridized carbons (Fsp3) is 0.467. The third-order valence-corrected chi connectivity index (χ3v) is 2.98. The number of nitrogens with one attached hydrogen (secondary N) is 1. The fourth-order valence-electron chi connectivity index (χ4n) is 1.96. The van der Waals surface area contributed by atoms with E-state index in [1.54, 1.807) is 7.11 Å². The van der Waals surface area contributed by atoms with Crippen molar-refractivity contribution in [3.05, 3.63) is 47.7 Å². The van der Waals surface area contributed by atoms with Crippen LogP contribution in [-0.2, 0) is 11.2 Å². The molecular weight excluding hydrogens is 254 g/mol. The van der Waals surface area contributed by atoms with E-state index in [0.29, 0.717) is 24.8 Å². The van der Waals surface area contributed by atoms with Crippen molar-refractivity contribution in [3.8, 4) is 0 Å². The van der Waals surface area contributed by atoms with Crippen molar-refractivity contribution >= 4 is 0 Å². The van der Waals surface area contributed by atoms with E-state index >= 15 is 0 Å². The standard InChI is InChI=1S/C15H21N3O2/c1-3-10-16-14(12-7-5-4-6-8-12)15-18-17-13(20-15)9-11-19-2/h4-8,14,16H,3,9-11H2,1-2H3. The molecule has 1 N–H and O–H groups in total. The number of hydrogen-bond acceptors (Lipinski definition) is 5. The van der Waals surface area contributed by atoms with E-state index in [1.165, 1.54) is 0 Å². The Morgan fingerprint density at radius 3 is 2.75 bits per heavy atom. The average molecular weight is 275 g/mol. The summed E-state index contributed by atoms with van der Waals surface area (Å²) >= 11 is 0. The molecule has 2 rings (SSSR count). The molecule has 0 spiro atoms. The summed E-state index contributed by atoms with van der Waals surface area (Å²) in [6, 6.07) is 10.1. The highest BCUT2D eigenvalue weighted by Crippen LogP contribution is 2.20. The summed E-state index contributed by atoms with van der Waals surface area (Å²) in [7, 11) is 1.66. The van der Waals surface area contributed by atoms with Crippen molar-refractivity contribution in [2.24, 2.45) is 0 Å². The van der Waals surface area contributed by atoms with Crippen LogP contribution in [-0.4, -0.2) is 30.5 Å². The summed E-state index contributed by atoms with van der Waals surface area (Å²) in [5.74, 6) is 1.22. The predicted octanol–water partition coefficient (Wildman–Crippen LogP) is 2.35. The SMILES string of the molecule is CCCNC(c1ccccc1)c1nnc(CCOC)o1. The Hall–Kier alpha value is -1.72. The first kappa shape index (κ1) is 14.7. The lowest BCUT2D eigenvalue weighted by molar-refractivity contribution is 0.194.